The number of nitrogens with one attached hydrogen (secondary N) is 2. The van der Waals surface area contributed by atoms with Gasteiger partial charge in [-0.05, 0) is 30.2 Å². The van der Waals surface area contributed by atoms with E-state index in [1.54, 1.807) is 24.3 Å². The van der Waals surface area contributed by atoms with E-state index in [-0.39, 0.29) is 30.7 Å². The Balaban J connectivity index is 2.42. The van der Waals surface area contributed by atoms with Gasteiger partial charge in [-0.3, -0.25) is 14.4 Å². The van der Waals surface area contributed by atoms with Crippen LogP contribution in [0, 0.1) is 5.92 Å². The van der Waals surface area contributed by atoms with Gasteiger partial charge in [0.1, 0.15) is 6.04 Å². The van der Waals surface area contributed by atoms with Crippen molar-refractivity contribution >= 4 is 33.7 Å². The summed E-state index contributed by atoms with van der Waals surface area (Å²) in [6.07, 6.45) is 0.816. The minimum atomic E-state index is -0.685. The van der Waals surface area contributed by atoms with Gasteiger partial charge in [0.05, 0.1) is 0 Å². The molecule has 23 heavy (non-hydrogen) atoms. The van der Waals surface area contributed by atoms with Gasteiger partial charge in [-0.15, -0.1) is 0 Å². The number of carbonyl (C=O) groups is 3. The van der Waals surface area contributed by atoms with Crippen LogP contribution in [0.15, 0.2) is 28.7 Å². The fraction of sp³-hybridized carbons (Fsp3) is 0.438. The summed E-state index contributed by atoms with van der Waals surface area (Å²) in [5.74, 6) is -1.15. The molecule has 2 unspecified atom stereocenters. The molecule has 1 aromatic rings. The van der Waals surface area contributed by atoms with Crippen molar-refractivity contribution in [1.29, 1.82) is 0 Å². The van der Waals surface area contributed by atoms with Gasteiger partial charge in [-0.1, -0.05) is 36.2 Å². The number of amides is 3. The van der Waals surface area contributed by atoms with Gasteiger partial charge in [0.25, 0.3) is 5.91 Å². The lowest BCUT2D eigenvalue weighted by Crippen LogP contribution is -2.48. The average Bonchev–Trinajstić information content (AvgIpc) is 2.52. The fourth-order valence-electron chi connectivity index (χ4n) is 1.97. The molecule has 0 fully saturated rings. The summed E-state index contributed by atoms with van der Waals surface area (Å²) in [6, 6.07) is 6.22. The minimum absolute atomic E-state index is 0.0335. The summed E-state index contributed by atoms with van der Waals surface area (Å²) in [5, 5.41) is 5.28. The van der Waals surface area contributed by atoms with E-state index in [4.69, 9.17) is 5.73 Å². The first-order valence-corrected chi connectivity index (χ1v) is 8.26. The summed E-state index contributed by atoms with van der Waals surface area (Å²) >= 11 is 3.30. The molecule has 2 atom stereocenters. The third-order valence-electron chi connectivity index (χ3n) is 3.58. The predicted molar refractivity (Wildman–Crippen MR) is 91.7 cm³/mol. The molecule has 0 radical (unpaired) electrons. The van der Waals surface area contributed by atoms with Crippen LogP contribution in [0.5, 0.6) is 0 Å². The average molecular weight is 384 g/mol. The second-order valence-corrected chi connectivity index (χ2v) is 6.26. The lowest BCUT2D eigenvalue weighted by molar-refractivity contribution is -0.128. The van der Waals surface area contributed by atoms with Gasteiger partial charge in [-0.2, -0.15) is 0 Å². The Morgan fingerprint density at radius 2 is 1.83 bits per heavy atom. The topological polar surface area (TPSA) is 101 Å². The summed E-state index contributed by atoms with van der Waals surface area (Å²) < 4.78 is 0.885. The number of nitrogens with two attached hydrogens (primary N) is 1. The van der Waals surface area contributed by atoms with Crippen LogP contribution in [0.3, 0.4) is 0 Å². The van der Waals surface area contributed by atoms with Gasteiger partial charge in [-0.25, -0.2) is 0 Å². The van der Waals surface area contributed by atoms with Crippen LogP contribution in [-0.2, 0) is 9.59 Å². The highest BCUT2D eigenvalue weighted by Crippen LogP contribution is 2.10. The molecule has 1 rings (SSSR count). The number of hydrogen-bond acceptors (Lipinski definition) is 3. The van der Waals surface area contributed by atoms with E-state index in [1.807, 2.05) is 13.8 Å². The molecule has 0 aliphatic carbocycles. The molecule has 0 aromatic heterocycles. The zero-order valence-electron chi connectivity index (χ0n) is 13.3. The monoisotopic (exact) mass is 383 g/mol. The summed E-state index contributed by atoms with van der Waals surface area (Å²) in [6.45, 7) is 3.96. The van der Waals surface area contributed by atoms with E-state index in [0.717, 1.165) is 10.9 Å². The van der Waals surface area contributed by atoms with E-state index in [0.29, 0.717) is 5.56 Å². The number of benzene rings is 1. The number of primary amides is 1. The van der Waals surface area contributed by atoms with Crippen molar-refractivity contribution in [1.82, 2.24) is 10.6 Å². The number of halogens is 1. The van der Waals surface area contributed by atoms with E-state index >= 15 is 0 Å². The van der Waals surface area contributed by atoms with E-state index in [9.17, 15) is 14.4 Å². The van der Waals surface area contributed by atoms with Crippen LogP contribution < -0.4 is 16.4 Å². The number of hydrogen-bond donors (Lipinski definition) is 3. The van der Waals surface area contributed by atoms with Crippen molar-refractivity contribution in [2.24, 2.45) is 11.7 Å². The highest BCUT2D eigenvalue weighted by molar-refractivity contribution is 9.10. The lowest BCUT2D eigenvalue weighted by Gasteiger charge is -2.21. The quantitative estimate of drug-likeness (QED) is 0.634. The number of rotatable bonds is 8. The Morgan fingerprint density at radius 3 is 2.35 bits per heavy atom. The third-order valence-corrected chi connectivity index (χ3v) is 4.11. The minimum Gasteiger partial charge on any atom is -0.368 e. The molecule has 0 heterocycles. The Kier molecular flexibility index (Phi) is 7.74. The van der Waals surface area contributed by atoms with Crippen LogP contribution in [0.1, 0.15) is 37.0 Å². The predicted octanol–water partition coefficient (Wildman–Crippen LogP) is 1.59. The SMILES string of the molecule is CCC(C)C(NC(=O)CCNC(=O)c1ccc(Br)cc1)C(N)=O. The molecule has 4 N–H and O–H groups in total. The third kappa shape index (κ3) is 6.40. The van der Waals surface area contributed by atoms with Crippen molar-refractivity contribution in [3.63, 3.8) is 0 Å². The molecule has 0 aliphatic rings. The zero-order valence-corrected chi connectivity index (χ0v) is 14.9. The molecule has 0 bridgehead atoms. The largest absolute Gasteiger partial charge is 0.368 e. The van der Waals surface area contributed by atoms with Gasteiger partial charge >= 0.3 is 0 Å². The van der Waals surface area contributed by atoms with Gasteiger partial charge < -0.3 is 16.4 Å². The molecule has 126 valence electrons. The Hall–Kier alpha value is -1.89. The van der Waals surface area contributed by atoms with Gasteiger partial charge in [0.2, 0.25) is 11.8 Å². The van der Waals surface area contributed by atoms with Gasteiger partial charge in [0, 0.05) is 23.0 Å². The smallest absolute Gasteiger partial charge is 0.251 e. The zero-order chi connectivity index (χ0) is 17.4. The van der Waals surface area contributed by atoms with Crippen molar-refractivity contribution < 1.29 is 14.4 Å². The number of carbonyl (C=O) groups excluding carboxylic acids is 3. The molecule has 1 aromatic carbocycles. The summed E-state index contributed by atoms with van der Waals surface area (Å²) in [7, 11) is 0. The fourth-order valence-corrected chi connectivity index (χ4v) is 2.23. The molecule has 0 saturated carbocycles. The first kappa shape index (κ1) is 19.2. The standard InChI is InChI=1S/C16H22BrN3O3/c1-3-10(2)14(15(18)22)20-13(21)8-9-19-16(23)11-4-6-12(17)7-5-11/h4-7,10,14H,3,8-9H2,1-2H3,(H2,18,22)(H,19,23)(H,20,21). The maximum absolute atomic E-state index is 11.9. The molecule has 7 heteroatoms. The van der Waals surface area contributed by atoms with Crippen LogP contribution in [0.2, 0.25) is 0 Å². The molecular formula is C16H22BrN3O3. The summed E-state index contributed by atoms with van der Waals surface area (Å²) in [4.78, 5) is 35.1. The first-order chi connectivity index (χ1) is 10.8. The summed E-state index contributed by atoms with van der Waals surface area (Å²) in [5.41, 5.74) is 5.82. The van der Waals surface area contributed by atoms with Crippen LogP contribution >= 0.6 is 15.9 Å². The molecule has 6 nitrogen and oxygen atoms in total. The molecule has 0 spiro atoms. The van der Waals surface area contributed by atoms with E-state index < -0.39 is 11.9 Å². The molecule has 0 aliphatic heterocycles. The van der Waals surface area contributed by atoms with Crippen molar-refractivity contribution in [3.8, 4) is 0 Å². The van der Waals surface area contributed by atoms with Gasteiger partial charge in [0.15, 0.2) is 0 Å². The molecular weight excluding hydrogens is 362 g/mol. The normalized spacial score (nSPS) is 13.0. The van der Waals surface area contributed by atoms with E-state index in [1.165, 1.54) is 0 Å². The Labute approximate surface area is 144 Å². The van der Waals surface area contributed by atoms with Crippen molar-refractivity contribution in [2.45, 2.75) is 32.7 Å². The highest BCUT2D eigenvalue weighted by atomic mass is 79.9. The first-order valence-electron chi connectivity index (χ1n) is 7.47. The second kappa shape index (κ2) is 9.29. The maximum atomic E-state index is 11.9. The van der Waals surface area contributed by atoms with Crippen molar-refractivity contribution in [3.05, 3.63) is 34.3 Å². The van der Waals surface area contributed by atoms with Crippen LogP contribution in [-0.4, -0.2) is 30.3 Å². The van der Waals surface area contributed by atoms with Crippen molar-refractivity contribution in [2.75, 3.05) is 6.54 Å². The Bertz CT molecular complexity index is 560. The van der Waals surface area contributed by atoms with Crippen LogP contribution in [0.4, 0.5) is 0 Å². The van der Waals surface area contributed by atoms with E-state index in [2.05, 4.69) is 26.6 Å². The maximum Gasteiger partial charge on any atom is 0.251 e. The lowest BCUT2D eigenvalue weighted by atomic mass is 9.98. The molecule has 0 saturated heterocycles. The van der Waals surface area contributed by atoms with Crippen LogP contribution in [0.25, 0.3) is 0 Å². The Morgan fingerprint density at radius 1 is 1.22 bits per heavy atom. The second-order valence-electron chi connectivity index (χ2n) is 5.35. The molecule has 3 amide bonds. The highest BCUT2D eigenvalue weighted by Gasteiger charge is 2.23.